The van der Waals surface area contributed by atoms with Gasteiger partial charge in [0.05, 0.1) is 18.4 Å². The molecule has 0 aliphatic carbocycles. The van der Waals surface area contributed by atoms with Crippen LogP contribution in [0.4, 0.5) is 0 Å². The van der Waals surface area contributed by atoms with E-state index in [2.05, 4.69) is 110 Å². The SMILES string of the molecule is C.NN1CCN(Cc2ccccc2)CC1.O=NN1CCN(Cc2ccccc2)CC1.O=N[O-].[Na+].c1ccc(CN2CCNCC2)cc1. The largest absolute Gasteiger partial charge is 1.00 e. The number of nitrogens with two attached hydrogens (primary N) is 1. The number of nitrogens with one attached hydrogen (secondary N) is 1. The first kappa shape index (κ1) is 42.2. The predicted molar refractivity (Wildman–Crippen MR) is 187 cm³/mol. The average molecular weight is 658 g/mol. The van der Waals surface area contributed by atoms with E-state index in [-0.39, 0.29) is 37.0 Å². The summed E-state index contributed by atoms with van der Waals surface area (Å²) in [5.41, 5.74) is 4.13. The summed E-state index contributed by atoms with van der Waals surface area (Å²) in [6, 6.07) is 31.7. The van der Waals surface area contributed by atoms with Gasteiger partial charge in [-0.15, -0.1) is 10.2 Å². The molecule has 3 heterocycles. The van der Waals surface area contributed by atoms with Crippen LogP contribution in [0.2, 0.25) is 0 Å². The van der Waals surface area contributed by atoms with Crippen LogP contribution in [0.5, 0.6) is 0 Å². The molecule has 0 radical (unpaired) electrons. The summed E-state index contributed by atoms with van der Waals surface area (Å²) in [4.78, 5) is 25.6. The van der Waals surface area contributed by atoms with Crippen molar-refractivity contribution in [3.05, 3.63) is 123 Å². The standard InChI is InChI=1S/C11H15N3O.C11H17N3.C11H16N2.CH4.HNO2.Na/c15-12-14-8-6-13(7-9-14)10-11-4-2-1-3-5-11;12-14-8-6-13(7-9-14)10-11-4-2-1-3-5-11;1-2-4-11(5-3-1)10-13-8-6-12-7-9-13;;2-1-3;/h1-5H,6-10H2;1-5H,6-10,12H2;1-5,12H,6-10H2;1H4;(H,2,3);/q;;;;;+1/p-1. The molecule has 3 N–H and O–H groups in total. The van der Waals surface area contributed by atoms with E-state index in [4.69, 9.17) is 16.0 Å². The summed E-state index contributed by atoms with van der Waals surface area (Å²) in [7, 11) is 0. The van der Waals surface area contributed by atoms with E-state index in [1.165, 1.54) is 29.8 Å². The van der Waals surface area contributed by atoms with E-state index in [0.717, 1.165) is 90.4 Å². The second kappa shape index (κ2) is 26.2. The third-order valence-corrected chi connectivity index (χ3v) is 7.83. The van der Waals surface area contributed by atoms with Crippen LogP contribution in [0.25, 0.3) is 0 Å². The van der Waals surface area contributed by atoms with Crippen LogP contribution in [0.15, 0.2) is 102 Å². The summed E-state index contributed by atoms with van der Waals surface area (Å²) in [6.45, 7) is 15.2. The molecule has 3 aliphatic heterocycles. The number of hydrogen-bond donors (Lipinski definition) is 2. The Morgan fingerprint density at radius 1 is 0.574 bits per heavy atom. The van der Waals surface area contributed by atoms with Gasteiger partial charge in [-0.05, 0) is 16.7 Å². The summed E-state index contributed by atoms with van der Waals surface area (Å²) in [5, 5.41) is 18.8. The van der Waals surface area contributed by atoms with E-state index in [1.807, 2.05) is 11.1 Å². The molecule has 3 fully saturated rings. The van der Waals surface area contributed by atoms with Crippen molar-refractivity contribution < 1.29 is 29.6 Å². The van der Waals surface area contributed by atoms with Crippen LogP contribution in [-0.4, -0.2) is 103 Å². The van der Waals surface area contributed by atoms with Crippen molar-refractivity contribution in [3.8, 4) is 0 Å². The Kier molecular flexibility index (Phi) is 23.6. The monoisotopic (exact) mass is 657 g/mol. The Morgan fingerprint density at radius 3 is 1.23 bits per heavy atom. The number of hydrogen-bond acceptors (Lipinski definition) is 11. The Morgan fingerprint density at radius 2 is 0.894 bits per heavy atom. The van der Waals surface area contributed by atoms with Crippen molar-refractivity contribution >= 4 is 0 Å². The number of rotatable bonds is 7. The van der Waals surface area contributed by atoms with Crippen molar-refractivity contribution in [2.24, 2.45) is 16.5 Å². The minimum atomic E-state index is 0. The first-order valence-corrected chi connectivity index (χ1v) is 15.6. The zero-order valence-electron chi connectivity index (χ0n) is 27.2. The molecule has 0 saturated carbocycles. The van der Waals surface area contributed by atoms with Crippen molar-refractivity contribution in [3.63, 3.8) is 0 Å². The fraction of sp³-hybridized carbons (Fsp3) is 0.471. The average Bonchev–Trinajstić information content (AvgIpc) is 3.09. The van der Waals surface area contributed by atoms with Gasteiger partial charge in [-0.3, -0.25) is 25.6 Å². The summed E-state index contributed by atoms with van der Waals surface area (Å²) in [6.07, 6.45) is 0. The van der Waals surface area contributed by atoms with Gasteiger partial charge in [-0.25, -0.2) is 5.01 Å². The molecule has 0 amide bonds. The molecule has 3 aliphatic rings. The van der Waals surface area contributed by atoms with Crippen molar-refractivity contribution in [1.29, 1.82) is 0 Å². The molecular weight excluding hydrogens is 605 g/mol. The second-order valence-corrected chi connectivity index (χ2v) is 11.2. The quantitative estimate of drug-likeness (QED) is 0.165. The first-order valence-electron chi connectivity index (χ1n) is 15.6. The van der Waals surface area contributed by atoms with E-state index in [1.54, 1.807) is 5.01 Å². The van der Waals surface area contributed by atoms with E-state index >= 15 is 0 Å². The number of piperazine rings is 3. The van der Waals surface area contributed by atoms with Gasteiger partial charge in [-0.2, -0.15) is 0 Å². The molecule has 0 aromatic heterocycles. The topological polar surface area (TPSA) is 136 Å². The van der Waals surface area contributed by atoms with E-state index in [0.29, 0.717) is 0 Å². The van der Waals surface area contributed by atoms with Crippen LogP contribution in [0.1, 0.15) is 24.1 Å². The van der Waals surface area contributed by atoms with Gasteiger partial charge in [-0.1, -0.05) is 98.4 Å². The third-order valence-electron chi connectivity index (χ3n) is 7.83. The Labute approximate surface area is 303 Å². The van der Waals surface area contributed by atoms with Gasteiger partial charge >= 0.3 is 29.6 Å². The van der Waals surface area contributed by atoms with Gasteiger partial charge in [0, 0.05) is 85.1 Å². The molecule has 0 atom stereocenters. The van der Waals surface area contributed by atoms with Gasteiger partial charge in [0.25, 0.3) is 0 Å². The van der Waals surface area contributed by atoms with Crippen LogP contribution in [0.3, 0.4) is 0 Å². The van der Waals surface area contributed by atoms with Crippen LogP contribution in [-0.2, 0) is 19.6 Å². The first-order chi connectivity index (χ1) is 22.1. The normalized spacial score (nSPS) is 17.0. The van der Waals surface area contributed by atoms with E-state index < -0.39 is 0 Å². The fourth-order valence-corrected chi connectivity index (χ4v) is 5.29. The van der Waals surface area contributed by atoms with Crippen molar-refractivity contribution in [2.45, 2.75) is 27.1 Å². The Bertz CT molecular complexity index is 1160. The molecule has 252 valence electrons. The molecule has 6 rings (SSSR count). The number of hydrazine groups is 1. The predicted octanol–water partition coefficient (Wildman–Crippen LogP) is 1.15. The zero-order valence-corrected chi connectivity index (χ0v) is 29.2. The summed E-state index contributed by atoms with van der Waals surface area (Å²) in [5.74, 6) is 5.70. The molecular formula is C34H52N9NaO3. The third kappa shape index (κ3) is 18.4. The Balaban J connectivity index is 0.000000332. The molecule has 0 bridgehead atoms. The molecule has 3 aromatic carbocycles. The van der Waals surface area contributed by atoms with Gasteiger partial charge in [0.15, 0.2) is 0 Å². The minimum absolute atomic E-state index is 0. The van der Waals surface area contributed by atoms with Gasteiger partial charge < -0.3 is 15.4 Å². The maximum Gasteiger partial charge on any atom is 1.00 e. The maximum absolute atomic E-state index is 10.3. The molecule has 0 unspecified atom stereocenters. The summed E-state index contributed by atoms with van der Waals surface area (Å²) >= 11 is 0. The number of benzene rings is 3. The second-order valence-electron chi connectivity index (χ2n) is 11.2. The summed E-state index contributed by atoms with van der Waals surface area (Å²) < 4.78 is 0. The number of nitrogens with zero attached hydrogens (tertiary/aromatic N) is 7. The number of nitroso groups, excluding NO2 is 1. The molecule has 3 aromatic rings. The molecule has 3 saturated heterocycles. The molecule has 47 heavy (non-hydrogen) atoms. The maximum atomic E-state index is 10.3. The van der Waals surface area contributed by atoms with Crippen LogP contribution < -0.4 is 40.7 Å². The smallest absolute Gasteiger partial charge is 0.444 e. The molecule has 0 spiro atoms. The minimum Gasteiger partial charge on any atom is -0.444 e. The zero-order chi connectivity index (χ0) is 32.0. The molecule has 12 nitrogen and oxygen atoms in total. The molecule has 13 heteroatoms. The van der Waals surface area contributed by atoms with Crippen molar-refractivity contribution in [2.75, 3.05) is 78.5 Å². The van der Waals surface area contributed by atoms with Crippen molar-refractivity contribution in [1.82, 2.24) is 30.0 Å². The van der Waals surface area contributed by atoms with Gasteiger partial charge in [0.2, 0.25) is 0 Å². The van der Waals surface area contributed by atoms with Gasteiger partial charge in [0.1, 0.15) is 0 Å². The van der Waals surface area contributed by atoms with Crippen LogP contribution >= 0.6 is 0 Å². The Hall–Kier alpha value is -2.78. The fourth-order valence-electron chi connectivity index (χ4n) is 5.29. The van der Waals surface area contributed by atoms with E-state index in [9.17, 15) is 4.91 Å². The van der Waals surface area contributed by atoms with Crippen LogP contribution in [0, 0.1) is 15.0 Å².